The van der Waals surface area contributed by atoms with E-state index in [1.807, 2.05) is 11.8 Å². The van der Waals surface area contributed by atoms with Crippen LogP contribution in [0, 0.1) is 10.1 Å². The third kappa shape index (κ3) is 5.14. The van der Waals surface area contributed by atoms with Gasteiger partial charge in [-0.3, -0.25) is 15.0 Å². The maximum absolute atomic E-state index is 12.2. The molecule has 1 aliphatic heterocycles. The minimum Gasteiger partial charge on any atom is -0.478 e. The van der Waals surface area contributed by atoms with E-state index in [-0.39, 0.29) is 22.4 Å². The second-order valence-electron chi connectivity index (χ2n) is 7.66. The van der Waals surface area contributed by atoms with Crippen molar-refractivity contribution in [2.24, 2.45) is 0 Å². The first kappa shape index (κ1) is 25.0. The van der Waals surface area contributed by atoms with Crippen LogP contribution >= 0.6 is 0 Å². The van der Waals surface area contributed by atoms with Gasteiger partial charge >= 0.3 is 11.9 Å². The first-order chi connectivity index (χ1) is 15.0. The van der Waals surface area contributed by atoms with Crippen LogP contribution in [0.1, 0.15) is 45.6 Å². The highest BCUT2D eigenvalue weighted by atomic mass is 16.6. The Bertz CT molecular complexity index is 930. The first-order valence-electron chi connectivity index (χ1n) is 10.3. The first-order valence-corrected chi connectivity index (χ1v) is 10.3. The van der Waals surface area contributed by atoms with Crippen LogP contribution in [0.2, 0.25) is 0 Å². The van der Waals surface area contributed by atoms with Gasteiger partial charge in [-0.2, -0.15) is 0 Å². The molecule has 1 aromatic rings. The normalized spacial score (nSPS) is 16.0. The van der Waals surface area contributed by atoms with Gasteiger partial charge in [-0.1, -0.05) is 19.1 Å². The SMILES string of the molecule is CCN(CCCN1C(C)=C(C(=O)O)C(c2cccc([N+](=O)[O-])c2)C(C(=O)O)=C1C)C(C)O. The summed E-state index contributed by atoms with van der Waals surface area (Å²) >= 11 is 0. The zero-order valence-electron chi connectivity index (χ0n) is 18.6. The fourth-order valence-electron chi connectivity index (χ4n) is 4.19. The Hall–Kier alpha value is -3.24. The number of nitro benzene ring substituents is 1. The number of nitro groups is 1. The van der Waals surface area contributed by atoms with E-state index >= 15 is 0 Å². The van der Waals surface area contributed by atoms with Gasteiger partial charge in [0.1, 0.15) is 6.23 Å². The van der Waals surface area contributed by atoms with Crippen molar-refractivity contribution in [1.29, 1.82) is 0 Å². The number of nitrogens with zero attached hydrogens (tertiary/aromatic N) is 3. The number of aliphatic carboxylic acids is 2. The monoisotopic (exact) mass is 447 g/mol. The summed E-state index contributed by atoms with van der Waals surface area (Å²) in [7, 11) is 0. The third-order valence-electron chi connectivity index (χ3n) is 5.80. The molecular weight excluding hydrogens is 418 g/mol. The van der Waals surface area contributed by atoms with Crippen LogP contribution < -0.4 is 0 Å². The summed E-state index contributed by atoms with van der Waals surface area (Å²) in [5.74, 6) is -3.71. The number of aliphatic hydroxyl groups is 1. The molecule has 1 aliphatic rings. The molecule has 0 radical (unpaired) electrons. The summed E-state index contributed by atoms with van der Waals surface area (Å²) in [6.07, 6.45) is -0.0636. The minimum absolute atomic E-state index is 0.128. The maximum atomic E-state index is 12.2. The largest absolute Gasteiger partial charge is 0.478 e. The summed E-state index contributed by atoms with van der Waals surface area (Å²) in [4.78, 5) is 38.6. The van der Waals surface area contributed by atoms with Gasteiger partial charge in [-0.05, 0) is 39.3 Å². The molecule has 0 amide bonds. The highest BCUT2D eigenvalue weighted by molar-refractivity contribution is 5.98. The Morgan fingerprint density at radius 2 is 1.75 bits per heavy atom. The zero-order valence-corrected chi connectivity index (χ0v) is 18.6. The summed E-state index contributed by atoms with van der Waals surface area (Å²) in [6, 6.07) is 5.41. The number of allylic oxidation sites excluding steroid dienone is 2. The fraction of sp³-hybridized carbons (Fsp3) is 0.455. The van der Waals surface area contributed by atoms with Crippen molar-refractivity contribution in [1.82, 2.24) is 9.80 Å². The lowest BCUT2D eigenvalue weighted by Gasteiger charge is -2.37. The Labute approximate surface area is 186 Å². The number of aliphatic hydroxyl groups excluding tert-OH is 1. The van der Waals surface area contributed by atoms with E-state index in [0.717, 1.165) is 0 Å². The fourth-order valence-corrected chi connectivity index (χ4v) is 4.19. The quantitative estimate of drug-likeness (QED) is 0.280. The molecule has 0 spiro atoms. The molecule has 1 atom stereocenters. The molecule has 0 aliphatic carbocycles. The van der Waals surface area contributed by atoms with E-state index in [4.69, 9.17) is 0 Å². The van der Waals surface area contributed by atoms with E-state index in [1.54, 1.807) is 25.7 Å². The Morgan fingerprint density at radius 1 is 1.19 bits per heavy atom. The molecule has 0 fully saturated rings. The molecule has 0 bridgehead atoms. The molecule has 0 aromatic heterocycles. The Balaban J connectivity index is 2.53. The number of carbonyl (C=O) groups is 2. The third-order valence-corrected chi connectivity index (χ3v) is 5.80. The molecule has 1 unspecified atom stereocenters. The lowest BCUT2D eigenvalue weighted by molar-refractivity contribution is -0.384. The second kappa shape index (κ2) is 10.4. The van der Waals surface area contributed by atoms with Gasteiger partial charge in [-0.15, -0.1) is 0 Å². The highest BCUT2D eigenvalue weighted by Gasteiger charge is 2.39. The number of carboxylic acids is 2. The lowest BCUT2D eigenvalue weighted by Crippen LogP contribution is -2.37. The van der Waals surface area contributed by atoms with Gasteiger partial charge in [0.05, 0.1) is 22.0 Å². The van der Waals surface area contributed by atoms with Crippen molar-refractivity contribution in [2.75, 3.05) is 19.6 Å². The molecule has 0 saturated carbocycles. The van der Waals surface area contributed by atoms with E-state index in [9.17, 15) is 35.0 Å². The number of non-ortho nitro benzene ring substituents is 1. The molecule has 10 heteroatoms. The topological polar surface area (TPSA) is 144 Å². The van der Waals surface area contributed by atoms with Crippen molar-refractivity contribution in [3.05, 3.63) is 62.5 Å². The van der Waals surface area contributed by atoms with E-state index in [0.29, 0.717) is 37.4 Å². The standard InChI is InChI=1S/C22H29N3O7/c1-5-23(15(4)26)10-7-11-24-13(2)18(21(27)28)20(19(14(24)3)22(29)30)16-8-6-9-17(12-16)25(31)32/h6,8-9,12,15,20,26H,5,7,10-11H2,1-4H3,(H,27,28)(H,29,30). The smallest absolute Gasteiger partial charge is 0.334 e. The van der Waals surface area contributed by atoms with Crippen molar-refractivity contribution >= 4 is 17.6 Å². The van der Waals surface area contributed by atoms with Gasteiger partial charge in [-0.25, -0.2) is 9.59 Å². The van der Waals surface area contributed by atoms with Crippen molar-refractivity contribution in [2.45, 2.75) is 46.3 Å². The van der Waals surface area contributed by atoms with Crippen molar-refractivity contribution in [3.8, 4) is 0 Å². The van der Waals surface area contributed by atoms with Crippen LogP contribution in [0.5, 0.6) is 0 Å². The highest BCUT2D eigenvalue weighted by Crippen LogP contribution is 2.42. The van der Waals surface area contributed by atoms with Gasteiger partial charge in [0.2, 0.25) is 0 Å². The summed E-state index contributed by atoms with van der Waals surface area (Å²) in [5.41, 5.74) is 0.507. The predicted octanol–water partition coefficient (Wildman–Crippen LogP) is 2.76. The predicted molar refractivity (Wildman–Crippen MR) is 117 cm³/mol. The lowest BCUT2D eigenvalue weighted by atomic mass is 9.79. The number of carboxylic acid groups (broad SMARTS) is 2. The summed E-state index contributed by atoms with van der Waals surface area (Å²) in [5, 5.41) is 41.0. The summed E-state index contributed by atoms with van der Waals surface area (Å²) < 4.78 is 0. The Morgan fingerprint density at radius 3 is 2.19 bits per heavy atom. The Kier molecular flexibility index (Phi) is 8.12. The van der Waals surface area contributed by atoms with Crippen LogP contribution in [0.4, 0.5) is 5.69 Å². The number of benzene rings is 1. The van der Waals surface area contributed by atoms with Crippen molar-refractivity contribution in [3.63, 3.8) is 0 Å². The van der Waals surface area contributed by atoms with E-state index in [2.05, 4.69) is 0 Å². The number of rotatable bonds is 10. The van der Waals surface area contributed by atoms with Crippen LogP contribution in [0.15, 0.2) is 46.8 Å². The maximum Gasteiger partial charge on any atom is 0.334 e. The molecule has 0 saturated heterocycles. The molecular formula is C22H29N3O7. The average molecular weight is 447 g/mol. The van der Waals surface area contributed by atoms with Crippen LogP contribution in [0.25, 0.3) is 0 Å². The van der Waals surface area contributed by atoms with Crippen molar-refractivity contribution < 1.29 is 29.8 Å². The molecule has 32 heavy (non-hydrogen) atoms. The van der Waals surface area contributed by atoms with E-state index in [1.165, 1.54) is 24.3 Å². The number of hydrogen-bond donors (Lipinski definition) is 3. The molecule has 2 rings (SSSR count). The molecule has 10 nitrogen and oxygen atoms in total. The van der Waals surface area contributed by atoms with Crippen LogP contribution in [-0.4, -0.2) is 67.8 Å². The van der Waals surface area contributed by atoms with Crippen LogP contribution in [0.3, 0.4) is 0 Å². The zero-order chi connectivity index (χ0) is 24.2. The average Bonchev–Trinajstić information content (AvgIpc) is 2.71. The number of hydrogen-bond acceptors (Lipinski definition) is 7. The van der Waals surface area contributed by atoms with Crippen LogP contribution in [-0.2, 0) is 9.59 Å². The molecule has 1 heterocycles. The molecule has 3 N–H and O–H groups in total. The minimum atomic E-state index is -1.28. The molecule has 174 valence electrons. The van der Waals surface area contributed by atoms with E-state index < -0.39 is 29.0 Å². The summed E-state index contributed by atoms with van der Waals surface area (Å²) in [6.45, 7) is 8.34. The van der Waals surface area contributed by atoms with Gasteiger partial charge in [0, 0.05) is 36.6 Å². The van der Waals surface area contributed by atoms with Gasteiger partial charge in [0.25, 0.3) is 5.69 Å². The second-order valence-corrected chi connectivity index (χ2v) is 7.66. The molecule has 1 aromatic carbocycles. The van der Waals surface area contributed by atoms with Gasteiger partial charge in [0.15, 0.2) is 0 Å². The van der Waals surface area contributed by atoms with Gasteiger partial charge < -0.3 is 20.2 Å².